The highest BCUT2D eigenvalue weighted by atomic mass is 79.9. The summed E-state index contributed by atoms with van der Waals surface area (Å²) in [6.07, 6.45) is 0.197. The normalized spacial score (nSPS) is 10.1. The fourth-order valence-electron chi connectivity index (χ4n) is 1.61. The molecule has 0 saturated carbocycles. The number of aryl methyl sites for hydroxylation is 1. The summed E-state index contributed by atoms with van der Waals surface area (Å²) in [4.78, 5) is 22.4. The van der Waals surface area contributed by atoms with E-state index in [1.165, 1.54) is 6.07 Å². The number of carboxylic acids is 1. The van der Waals surface area contributed by atoms with E-state index in [0.717, 1.165) is 0 Å². The highest BCUT2D eigenvalue weighted by molar-refractivity contribution is 9.10. The van der Waals surface area contributed by atoms with Crippen molar-refractivity contribution in [3.63, 3.8) is 0 Å². The Kier molecular flexibility index (Phi) is 5.82. The zero-order valence-electron chi connectivity index (χ0n) is 10.8. The maximum Gasteiger partial charge on any atom is 0.339 e. The van der Waals surface area contributed by atoms with Gasteiger partial charge in [0.2, 0.25) is 5.91 Å². The van der Waals surface area contributed by atoms with E-state index < -0.39 is 5.97 Å². The quantitative estimate of drug-likeness (QED) is 0.840. The van der Waals surface area contributed by atoms with Crippen molar-refractivity contribution in [1.82, 2.24) is 5.32 Å². The van der Waals surface area contributed by atoms with Crippen LogP contribution in [0.3, 0.4) is 0 Å². The lowest BCUT2D eigenvalue weighted by molar-refractivity contribution is -0.121. The molecule has 1 rings (SSSR count). The monoisotopic (exact) mass is 329 g/mol. The Morgan fingerprint density at radius 1 is 1.42 bits per heavy atom. The van der Waals surface area contributed by atoms with Gasteiger partial charge in [-0.2, -0.15) is 0 Å². The highest BCUT2D eigenvalue weighted by Crippen LogP contribution is 2.28. The van der Waals surface area contributed by atoms with Crippen LogP contribution in [0.25, 0.3) is 0 Å². The topological polar surface area (TPSA) is 75.6 Å². The van der Waals surface area contributed by atoms with Gasteiger partial charge >= 0.3 is 5.97 Å². The molecule has 0 aliphatic heterocycles. The molecule has 1 aromatic rings. The Balaban J connectivity index is 2.77. The van der Waals surface area contributed by atoms with Crippen molar-refractivity contribution in [2.45, 2.75) is 20.3 Å². The molecule has 0 heterocycles. The van der Waals surface area contributed by atoms with E-state index in [4.69, 9.17) is 9.84 Å². The molecule has 5 nitrogen and oxygen atoms in total. The van der Waals surface area contributed by atoms with Crippen molar-refractivity contribution >= 4 is 27.8 Å². The van der Waals surface area contributed by atoms with Crippen molar-refractivity contribution < 1.29 is 19.4 Å². The van der Waals surface area contributed by atoms with Gasteiger partial charge in [-0.15, -0.1) is 0 Å². The molecule has 0 radical (unpaired) electrons. The average molecular weight is 330 g/mol. The largest absolute Gasteiger partial charge is 0.492 e. The zero-order valence-corrected chi connectivity index (χ0v) is 12.4. The minimum absolute atomic E-state index is 0.0859. The predicted octanol–water partition coefficient (Wildman–Crippen LogP) is 2.36. The van der Waals surface area contributed by atoms with Crippen LogP contribution in [-0.4, -0.2) is 30.1 Å². The third-order valence-electron chi connectivity index (χ3n) is 2.42. The number of nitrogens with one attached hydrogen (secondary N) is 1. The lowest BCUT2D eigenvalue weighted by Gasteiger charge is -2.12. The Bertz CT molecular complexity index is 488. The Hall–Kier alpha value is -1.56. The van der Waals surface area contributed by atoms with Crippen LogP contribution in [0.2, 0.25) is 0 Å². The highest BCUT2D eigenvalue weighted by Gasteiger charge is 2.15. The minimum Gasteiger partial charge on any atom is -0.492 e. The summed E-state index contributed by atoms with van der Waals surface area (Å²) in [6, 6.07) is 3.25. The average Bonchev–Trinajstić information content (AvgIpc) is 2.31. The van der Waals surface area contributed by atoms with Gasteiger partial charge in [-0.1, -0.05) is 15.9 Å². The van der Waals surface area contributed by atoms with Gasteiger partial charge in [0.15, 0.2) is 0 Å². The third-order valence-corrected chi connectivity index (χ3v) is 2.88. The van der Waals surface area contributed by atoms with E-state index in [2.05, 4.69) is 21.2 Å². The molecule has 19 heavy (non-hydrogen) atoms. The lowest BCUT2D eigenvalue weighted by atomic mass is 10.1. The van der Waals surface area contributed by atoms with Crippen LogP contribution in [0.5, 0.6) is 5.75 Å². The lowest BCUT2D eigenvalue weighted by Crippen LogP contribution is -2.24. The number of halogens is 1. The molecule has 6 heteroatoms. The van der Waals surface area contributed by atoms with Crippen molar-refractivity contribution in [2.75, 3.05) is 13.2 Å². The fourth-order valence-corrected chi connectivity index (χ4v) is 2.18. The summed E-state index contributed by atoms with van der Waals surface area (Å²) in [5.41, 5.74) is 0.797. The van der Waals surface area contributed by atoms with E-state index in [1.807, 2.05) is 6.92 Å². The molecule has 0 aromatic heterocycles. The van der Waals surface area contributed by atoms with Gasteiger partial charge < -0.3 is 15.2 Å². The first-order chi connectivity index (χ1) is 8.95. The Morgan fingerprint density at radius 2 is 2.11 bits per heavy atom. The molecule has 0 aliphatic carbocycles. The van der Waals surface area contributed by atoms with Gasteiger partial charge in [-0.25, -0.2) is 4.79 Å². The number of carboxylic acid groups (broad SMARTS) is 1. The molecule has 0 spiro atoms. The van der Waals surface area contributed by atoms with Crippen LogP contribution in [0, 0.1) is 6.92 Å². The number of hydrogen-bond donors (Lipinski definition) is 2. The van der Waals surface area contributed by atoms with Crippen molar-refractivity contribution in [1.29, 1.82) is 0 Å². The minimum atomic E-state index is -1.06. The SMILES string of the molecule is CCNC(=O)CCOc1c(C)cc(Br)cc1C(=O)O. The molecule has 0 aliphatic rings. The van der Waals surface area contributed by atoms with Crippen LogP contribution in [0.15, 0.2) is 16.6 Å². The molecule has 0 fully saturated rings. The van der Waals surface area contributed by atoms with Crippen molar-refractivity contribution in [2.24, 2.45) is 0 Å². The second-order valence-electron chi connectivity index (χ2n) is 3.96. The molecule has 0 saturated heterocycles. The van der Waals surface area contributed by atoms with E-state index in [9.17, 15) is 9.59 Å². The molecule has 2 N–H and O–H groups in total. The van der Waals surface area contributed by atoms with E-state index in [-0.39, 0.29) is 24.5 Å². The molecule has 0 bridgehead atoms. The van der Waals surface area contributed by atoms with E-state index in [1.54, 1.807) is 13.0 Å². The van der Waals surface area contributed by atoms with Crippen LogP contribution >= 0.6 is 15.9 Å². The van der Waals surface area contributed by atoms with Gasteiger partial charge in [0.25, 0.3) is 0 Å². The molecule has 0 unspecified atom stereocenters. The second kappa shape index (κ2) is 7.13. The first kappa shape index (κ1) is 15.5. The van der Waals surface area contributed by atoms with Crippen LogP contribution in [0.1, 0.15) is 29.3 Å². The predicted molar refractivity (Wildman–Crippen MR) is 74.6 cm³/mol. The van der Waals surface area contributed by atoms with Crippen LogP contribution in [0.4, 0.5) is 0 Å². The zero-order chi connectivity index (χ0) is 14.4. The molecule has 1 amide bonds. The first-order valence-corrected chi connectivity index (χ1v) is 6.68. The second-order valence-corrected chi connectivity index (χ2v) is 4.87. The van der Waals surface area contributed by atoms with Gasteiger partial charge in [-0.05, 0) is 31.5 Å². The third kappa shape index (κ3) is 4.55. The number of amides is 1. The summed E-state index contributed by atoms with van der Waals surface area (Å²) in [5, 5.41) is 11.8. The maximum atomic E-state index is 11.3. The molecular weight excluding hydrogens is 314 g/mol. The summed E-state index contributed by atoms with van der Waals surface area (Å²) >= 11 is 3.24. The number of rotatable bonds is 6. The van der Waals surface area contributed by atoms with Gasteiger partial charge in [0.05, 0.1) is 13.0 Å². The summed E-state index contributed by atoms with van der Waals surface area (Å²) in [6.45, 7) is 4.31. The van der Waals surface area contributed by atoms with Crippen molar-refractivity contribution in [3.8, 4) is 5.75 Å². The first-order valence-electron chi connectivity index (χ1n) is 5.88. The Labute approximate surface area is 120 Å². The number of carbonyl (C=O) groups excluding carboxylic acids is 1. The number of aromatic carboxylic acids is 1. The molecule has 1 aromatic carbocycles. The number of carbonyl (C=O) groups is 2. The van der Waals surface area contributed by atoms with Gasteiger partial charge in [0.1, 0.15) is 11.3 Å². The number of hydrogen-bond acceptors (Lipinski definition) is 3. The van der Waals surface area contributed by atoms with Crippen molar-refractivity contribution in [3.05, 3.63) is 27.7 Å². The van der Waals surface area contributed by atoms with Gasteiger partial charge in [-0.3, -0.25) is 4.79 Å². The van der Waals surface area contributed by atoms with Crippen LogP contribution < -0.4 is 10.1 Å². The fraction of sp³-hybridized carbons (Fsp3) is 0.385. The molecule has 0 atom stereocenters. The molecular formula is C13H16BrNO4. The summed E-state index contributed by atoms with van der Waals surface area (Å²) in [7, 11) is 0. The number of ether oxygens (including phenoxy) is 1. The number of benzene rings is 1. The summed E-state index contributed by atoms with van der Waals surface area (Å²) < 4.78 is 6.12. The Morgan fingerprint density at radius 3 is 2.68 bits per heavy atom. The maximum absolute atomic E-state index is 11.3. The van der Waals surface area contributed by atoms with Gasteiger partial charge in [0, 0.05) is 11.0 Å². The standard InChI is InChI=1S/C13H16BrNO4/c1-3-15-11(16)4-5-19-12-8(2)6-9(14)7-10(12)13(17)18/h6-7H,3-5H2,1-2H3,(H,15,16)(H,17,18). The molecule has 104 valence electrons. The smallest absolute Gasteiger partial charge is 0.339 e. The van der Waals surface area contributed by atoms with E-state index >= 15 is 0 Å². The summed E-state index contributed by atoms with van der Waals surface area (Å²) in [5.74, 6) is -0.869. The van der Waals surface area contributed by atoms with E-state index in [0.29, 0.717) is 22.3 Å². The van der Waals surface area contributed by atoms with Crippen LogP contribution in [-0.2, 0) is 4.79 Å².